The van der Waals surface area contributed by atoms with E-state index in [4.69, 9.17) is 4.74 Å². The third-order valence-electron chi connectivity index (χ3n) is 4.62. The van der Waals surface area contributed by atoms with Gasteiger partial charge in [0.2, 0.25) is 10.0 Å². The highest BCUT2D eigenvalue weighted by Gasteiger charge is 2.18. The van der Waals surface area contributed by atoms with Crippen LogP contribution in [-0.2, 0) is 16.6 Å². The summed E-state index contributed by atoms with van der Waals surface area (Å²) in [6, 6.07) is 21.3. The first kappa shape index (κ1) is 21.4. The van der Waals surface area contributed by atoms with Crippen molar-refractivity contribution in [3.05, 3.63) is 89.5 Å². The summed E-state index contributed by atoms with van der Waals surface area (Å²) in [5.74, 6) is 0.249. The quantitative estimate of drug-likeness (QED) is 0.616. The largest absolute Gasteiger partial charge is 0.495 e. The third-order valence-corrected chi connectivity index (χ3v) is 5.76. The highest BCUT2D eigenvalue weighted by Crippen LogP contribution is 2.25. The van der Waals surface area contributed by atoms with Gasteiger partial charge in [-0.15, -0.1) is 0 Å². The first-order valence-electron chi connectivity index (χ1n) is 9.35. The van der Waals surface area contributed by atoms with Crippen molar-refractivity contribution in [2.45, 2.75) is 13.5 Å². The molecule has 0 unspecified atom stereocenters. The number of carbonyl (C=O) groups excluding carboxylic acids is 1. The molecular weight excluding hydrogens is 400 g/mol. The molecule has 0 saturated heterocycles. The molecule has 0 aromatic heterocycles. The van der Waals surface area contributed by atoms with Crippen LogP contribution < -0.4 is 14.4 Å². The van der Waals surface area contributed by atoms with E-state index in [9.17, 15) is 13.2 Å². The van der Waals surface area contributed by atoms with Crippen LogP contribution in [0.5, 0.6) is 5.75 Å². The fourth-order valence-electron chi connectivity index (χ4n) is 2.98. The molecule has 0 heterocycles. The number of hydrogen-bond donors (Lipinski definition) is 1. The minimum atomic E-state index is -3.50. The van der Waals surface area contributed by atoms with Gasteiger partial charge in [0.15, 0.2) is 0 Å². The molecule has 156 valence electrons. The zero-order chi connectivity index (χ0) is 21.7. The summed E-state index contributed by atoms with van der Waals surface area (Å²) in [5, 5.41) is 2.81. The molecule has 0 saturated carbocycles. The number of rotatable bonds is 7. The maximum Gasteiger partial charge on any atom is 0.255 e. The van der Waals surface area contributed by atoms with Crippen molar-refractivity contribution in [3.8, 4) is 5.75 Å². The predicted octanol–water partition coefficient (Wildman–Crippen LogP) is 4.22. The standard InChI is InChI=1S/C23H24N2O4S/c1-17-8-10-18(11-9-17)16-25(30(3,27)28)20-14-12-19(13-15-20)23(26)24-21-6-4-5-7-22(21)29-2/h4-15H,16H2,1-3H3,(H,24,26). The zero-order valence-corrected chi connectivity index (χ0v) is 17.9. The van der Waals surface area contributed by atoms with Crippen LogP contribution in [0, 0.1) is 6.92 Å². The number of anilines is 2. The van der Waals surface area contributed by atoms with E-state index < -0.39 is 10.0 Å². The molecule has 0 atom stereocenters. The molecule has 0 radical (unpaired) electrons. The lowest BCUT2D eigenvalue weighted by molar-refractivity contribution is 0.102. The van der Waals surface area contributed by atoms with Gasteiger partial charge >= 0.3 is 0 Å². The Kier molecular flexibility index (Phi) is 6.42. The molecule has 0 aliphatic heterocycles. The van der Waals surface area contributed by atoms with Crippen LogP contribution in [0.3, 0.4) is 0 Å². The maximum absolute atomic E-state index is 12.6. The molecule has 0 spiro atoms. The van der Waals surface area contributed by atoms with Gasteiger partial charge in [0.1, 0.15) is 5.75 Å². The first-order valence-corrected chi connectivity index (χ1v) is 11.2. The van der Waals surface area contributed by atoms with Gasteiger partial charge in [-0.05, 0) is 48.9 Å². The molecule has 0 fully saturated rings. The highest BCUT2D eigenvalue weighted by atomic mass is 32.2. The number of methoxy groups -OCH3 is 1. The third kappa shape index (κ3) is 5.18. The van der Waals surface area contributed by atoms with Crippen LogP contribution in [0.2, 0.25) is 0 Å². The van der Waals surface area contributed by atoms with E-state index >= 15 is 0 Å². The van der Waals surface area contributed by atoms with Crippen LogP contribution in [0.25, 0.3) is 0 Å². The molecular formula is C23H24N2O4S. The Hall–Kier alpha value is -3.32. The molecule has 0 aliphatic rings. The van der Waals surface area contributed by atoms with Gasteiger partial charge in [-0.3, -0.25) is 9.10 Å². The number of amides is 1. The number of nitrogens with one attached hydrogen (secondary N) is 1. The smallest absolute Gasteiger partial charge is 0.255 e. The minimum absolute atomic E-state index is 0.214. The van der Waals surface area contributed by atoms with Gasteiger partial charge in [0.25, 0.3) is 5.91 Å². The SMILES string of the molecule is COc1ccccc1NC(=O)c1ccc(N(Cc2ccc(C)cc2)S(C)(=O)=O)cc1. The summed E-state index contributed by atoms with van der Waals surface area (Å²) in [5.41, 5.74) is 3.45. The summed E-state index contributed by atoms with van der Waals surface area (Å²) in [6.07, 6.45) is 1.17. The Labute approximate surface area is 177 Å². The van der Waals surface area contributed by atoms with Crippen LogP contribution in [0.1, 0.15) is 21.5 Å². The van der Waals surface area contributed by atoms with Crippen LogP contribution in [0.15, 0.2) is 72.8 Å². The average molecular weight is 425 g/mol. The van der Waals surface area contributed by atoms with Crippen LogP contribution in [-0.4, -0.2) is 27.7 Å². The Morgan fingerprint density at radius 3 is 2.20 bits per heavy atom. The number of nitrogens with zero attached hydrogens (tertiary/aromatic N) is 1. The molecule has 30 heavy (non-hydrogen) atoms. The van der Waals surface area contributed by atoms with Crippen molar-refractivity contribution in [1.29, 1.82) is 0 Å². The van der Waals surface area contributed by atoms with Crippen molar-refractivity contribution >= 4 is 27.3 Å². The van der Waals surface area contributed by atoms with Crippen molar-refractivity contribution in [3.63, 3.8) is 0 Å². The van der Waals surface area contributed by atoms with Gasteiger partial charge < -0.3 is 10.1 Å². The second-order valence-corrected chi connectivity index (χ2v) is 8.86. The molecule has 3 aromatic carbocycles. The van der Waals surface area contributed by atoms with Crippen LogP contribution >= 0.6 is 0 Å². The Morgan fingerprint density at radius 1 is 0.967 bits per heavy atom. The second kappa shape index (κ2) is 9.00. The Balaban J connectivity index is 1.81. The number of sulfonamides is 1. The minimum Gasteiger partial charge on any atom is -0.495 e. The fraction of sp³-hybridized carbons (Fsp3) is 0.174. The number of hydrogen-bond acceptors (Lipinski definition) is 4. The monoisotopic (exact) mass is 424 g/mol. The fourth-order valence-corrected chi connectivity index (χ4v) is 3.87. The number of para-hydroxylation sites is 2. The molecule has 0 aliphatic carbocycles. The van der Waals surface area contributed by atoms with Crippen LogP contribution in [0.4, 0.5) is 11.4 Å². The highest BCUT2D eigenvalue weighted by molar-refractivity contribution is 7.92. The maximum atomic E-state index is 12.6. The van der Waals surface area contributed by atoms with Crippen molar-refractivity contribution < 1.29 is 17.9 Å². The molecule has 0 bridgehead atoms. The average Bonchev–Trinajstić information content (AvgIpc) is 2.73. The predicted molar refractivity (Wildman–Crippen MR) is 120 cm³/mol. The Bertz CT molecular complexity index is 1120. The molecule has 3 rings (SSSR count). The molecule has 1 amide bonds. The lowest BCUT2D eigenvalue weighted by atomic mass is 10.1. The lowest BCUT2D eigenvalue weighted by Gasteiger charge is -2.23. The zero-order valence-electron chi connectivity index (χ0n) is 17.1. The first-order chi connectivity index (χ1) is 14.3. The van der Waals surface area contributed by atoms with E-state index in [2.05, 4.69) is 5.32 Å². The molecule has 1 N–H and O–H groups in total. The van der Waals surface area contributed by atoms with Gasteiger partial charge in [-0.1, -0.05) is 42.0 Å². The molecule has 6 nitrogen and oxygen atoms in total. The van der Waals surface area contributed by atoms with Gasteiger partial charge in [0.05, 0.1) is 31.3 Å². The van der Waals surface area contributed by atoms with Crippen molar-refractivity contribution in [1.82, 2.24) is 0 Å². The summed E-state index contributed by atoms with van der Waals surface area (Å²) in [7, 11) is -1.97. The summed E-state index contributed by atoms with van der Waals surface area (Å²) in [6.45, 7) is 2.19. The Morgan fingerprint density at radius 2 is 1.60 bits per heavy atom. The topological polar surface area (TPSA) is 75.7 Å². The van der Waals surface area contributed by atoms with Crippen molar-refractivity contribution in [2.75, 3.05) is 23.0 Å². The number of aryl methyl sites for hydroxylation is 1. The van der Waals surface area contributed by atoms with E-state index in [0.29, 0.717) is 22.7 Å². The number of carbonyl (C=O) groups is 1. The molecule has 7 heteroatoms. The molecule has 3 aromatic rings. The van der Waals surface area contributed by atoms with Gasteiger partial charge in [-0.2, -0.15) is 0 Å². The van der Waals surface area contributed by atoms with Crippen molar-refractivity contribution in [2.24, 2.45) is 0 Å². The number of ether oxygens (including phenoxy) is 1. The number of benzene rings is 3. The van der Waals surface area contributed by atoms with E-state index in [0.717, 1.165) is 11.1 Å². The van der Waals surface area contributed by atoms with E-state index in [1.807, 2.05) is 37.3 Å². The summed E-state index contributed by atoms with van der Waals surface area (Å²) < 4.78 is 31.3. The van der Waals surface area contributed by atoms with E-state index in [1.165, 1.54) is 17.7 Å². The summed E-state index contributed by atoms with van der Waals surface area (Å²) in [4.78, 5) is 12.6. The summed E-state index contributed by atoms with van der Waals surface area (Å²) >= 11 is 0. The lowest BCUT2D eigenvalue weighted by Crippen LogP contribution is -2.29. The van der Waals surface area contributed by atoms with Gasteiger partial charge in [-0.25, -0.2) is 8.42 Å². The van der Waals surface area contributed by atoms with Gasteiger partial charge in [0, 0.05) is 5.56 Å². The van der Waals surface area contributed by atoms with E-state index in [-0.39, 0.29) is 12.5 Å². The van der Waals surface area contributed by atoms with E-state index in [1.54, 1.807) is 42.5 Å². The second-order valence-electron chi connectivity index (χ2n) is 6.96. The normalized spacial score (nSPS) is 11.0.